The molecule has 0 unspecified atom stereocenters. The Kier molecular flexibility index (Phi) is 8.42. The van der Waals surface area contributed by atoms with Gasteiger partial charge in [-0.1, -0.05) is 25.5 Å². The Morgan fingerprint density at radius 2 is 2.00 bits per heavy atom. The van der Waals surface area contributed by atoms with Crippen molar-refractivity contribution in [1.82, 2.24) is 5.32 Å². The zero-order chi connectivity index (χ0) is 14.6. The van der Waals surface area contributed by atoms with Crippen molar-refractivity contribution in [3.63, 3.8) is 0 Å². The number of nitrogens with two attached hydrogens (primary N) is 1. The molecule has 0 aliphatic rings. The summed E-state index contributed by atoms with van der Waals surface area (Å²) in [6.45, 7) is 5.26. The molecule has 0 spiro atoms. The largest absolute Gasteiger partial charge is 0.484 e. The van der Waals surface area contributed by atoms with Crippen LogP contribution < -0.4 is 15.8 Å². The topological polar surface area (TPSA) is 73.6 Å². The van der Waals surface area contributed by atoms with Crippen molar-refractivity contribution in [3.05, 3.63) is 29.8 Å². The van der Waals surface area contributed by atoms with Gasteiger partial charge < -0.3 is 20.5 Å². The summed E-state index contributed by atoms with van der Waals surface area (Å²) in [5.74, 6) is 0.175. The Bertz CT molecular complexity index is 379. The molecule has 1 aromatic rings. The molecule has 0 aromatic heterocycles. The fourth-order valence-electron chi connectivity index (χ4n) is 1.58. The number of benzene rings is 1. The van der Waals surface area contributed by atoms with Gasteiger partial charge in [-0.15, -0.1) is 0 Å². The van der Waals surface area contributed by atoms with Crippen LogP contribution >= 0.6 is 0 Å². The summed E-state index contributed by atoms with van der Waals surface area (Å²) < 4.78 is 10.6. The molecule has 112 valence electrons. The average molecular weight is 280 g/mol. The Hall–Kier alpha value is -1.59. The van der Waals surface area contributed by atoms with Gasteiger partial charge in [-0.25, -0.2) is 0 Å². The SMILES string of the molecule is CCCCOCCNCc1ccc(OCC(N)=O)cc1. The molecule has 5 heteroatoms. The van der Waals surface area contributed by atoms with Gasteiger partial charge in [-0.2, -0.15) is 0 Å². The molecule has 1 aromatic carbocycles. The lowest BCUT2D eigenvalue weighted by Crippen LogP contribution is -2.20. The minimum atomic E-state index is -0.473. The first-order valence-electron chi connectivity index (χ1n) is 7.01. The van der Waals surface area contributed by atoms with Gasteiger partial charge in [0.15, 0.2) is 6.61 Å². The van der Waals surface area contributed by atoms with Crippen LogP contribution in [-0.2, 0) is 16.1 Å². The van der Waals surface area contributed by atoms with E-state index >= 15 is 0 Å². The lowest BCUT2D eigenvalue weighted by molar-refractivity contribution is -0.119. The molecule has 0 radical (unpaired) electrons. The summed E-state index contributed by atoms with van der Waals surface area (Å²) >= 11 is 0. The normalized spacial score (nSPS) is 10.4. The number of amides is 1. The molecule has 0 heterocycles. The third kappa shape index (κ3) is 7.76. The van der Waals surface area contributed by atoms with Gasteiger partial charge in [0, 0.05) is 19.7 Å². The van der Waals surface area contributed by atoms with E-state index in [-0.39, 0.29) is 6.61 Å². The quantitative estimate of drug-likeness (QED) is 0.602. The number of ether oxygens (including phenoxy) is 2. The number of unbranched alkanes of at least 4 members (excludes halogenated alkanes) is 1. The minimum Gasteiger partial charge on any atom is -0.484 e. The molecule has 0 aliphatic heterocycles. The Morgan fingerprint density at radius 3 is 2.65 bits per heavy atom. The van der Waals surface area contributed by atoms with Crippen molar-refractivity contribution >= 4 is 5.91 Å². The smallest absolute Gasteiger partial charge is 0.255 e. The van der Waals surface area contributed by atoms with Gasteiger partial charge in [0.1, 0.15) is 5.75 Å². The monoisotopic (exact) mass is 280 g/mol. The van der Waals surface area contributed by atoms with Crippen molar-refractivity contribution < 1.29 is 14.3 Å². The summed E-state index contributed by atoms with van der Waals surface area (Å²) in [6.07, 6.45) is 2.28. The maximum Gasteiger partial charge on any atom is 0.255 e. The van der Waals surface area contributed by atoms with Crippen LogP contribution in [0.15, 0.2) is 24.3 Å². The second-order valence-electron chi connectivity index (χ2n) is 4.54. The van der Waals surface area contributed by atoms with Crippen molar-refractivity contribution in [1.29, 1.82) is 0 Å². The molecule has 1 amide bonds. The highest BCUT2D eigenvalue weighted by Crippen LogP contribution is 2.11. The lowest BCUT2D eigenvalue weighted by atomic mass is 10.2. The third-order valence-electron chi connectivity index (χ3n) is 2.70. The van der Waals surface area contributed by atoms with E-state index in [0.29, 0.717) is 5.75 Å². The maximum atomic E-state index is 10.6. The average Bonchev–Trinajstić information content (AvgIpc) is 2.45. The molecule has 1 rings (SSSR count). The van der Waals surface area contributed by atoms with Gasteiger partial charge in [0.05, 0.1) is 6.61 Å². The van der Waals surface area contributed by atoms with Gasteiger partial charge in [-0.05, 0) is 24.1 Å². The molecule has 0 fully saturated rings. The van der Waals surface area contributed by atoms with E-state index in [1.165, 1.54) is 0 Å². The predicted octanol–water partition coefficient (Wildman–Crippen LogP) is 1.46. The fourth-order valence-corrected chi connectivity index (χ4v) is 1.58. The first kappa shape index (κ1) is 16.5. The molecule has 0 bridgehead atoms. The van der Waals surface area contributed by atoms with Crippen LogP contribution in [0.2, 0.25) is 0 Å². The molecule has 0 saturated carbocycles. The highest BCUT2D eigenvalue weighted by atomic mass is 16.5. The van der Waals surface area contributed by atoms with Crippen molar-refractivity contribution in [3.8, 4) is 5.75 Å². The second kappa shape index (κ2) is 10.2. The molecule has 5 nitrogen and oxygen atoms in total. The zero-order valence-corrected chi connectivity index (χ0v) is 12.1. The van der Waals surface area contributed by atoms with Crippen molar-refractivity contribution in [2.24, 2.45) is 5.73 Å². The zero-order valence-electron chi connectivity index (χ0n) is 12.1. The van der Waals surface area contributed by atoms with Crippen LogP contribution in [0.25, 0.3) is 0 Å². The van der Waals surface area contributed by atoms with E-state index in [0.717, 1.165) is 44.7 Å². The van der Waals surface area contributed by atoms with E-state index in [9.17, 15) is 4.79 Å². The first-order valence-corrected chi connectivity index (χ1v) is 7.01. The van der Waals surface area contributed by atoms with Crippen molar-refractivity contribution in [2.75, 3.05) is 26.4 Å². The number of nitrogens with one attached hydrogen (secondary N) is 1. The predicted molar refractivity (Wildman–Crippen MR) is 78.6 cm³/mol. The van der Waals surface area contributed by atoms with Crippen LogP contribution in [0.4, 0.5) is 0 Å². The Morgan fingerprint density at radius 1 is 1.25 bits per heavy atom. The Labute approximate surface area is 120 Å². The summed E-state index contributed by atoms with van der Waals surface area (Å²) in [6, 6.07) is 7.58. The van der Waals surface area contributed by atoms with Crippen LogP contribution in [0.5, 0.6) is 5.75 Å². The number of hydrogen-bond acceptors (Lipinski definition) is 4. The second-order valence-corrected chi connectivity index (χ2v) is 4.54. The van der Waals surface area contributed by atoms with Gasteiger partial charge in [-0.3, -0.25) is 4.79 Å². The molecule has 0 atom stereocenters. The maximum absolute atomic E-state index is 10.6. The number of carbonyl (C=O) groups excluding carboxylic acids is 1. The van der Waals surface area contributed by atoms with Crippen molar-refractivity contribution in [2.45, 2.75) is 26.3 Å². The van der Waals surface area contributed by atoms with Crippen LogP contribution in [0.1, 0.15) is 25.3 Å². The summed E-state index contributed by atoms with van der Waals surface area (Å²) in [7, 11) is 0. The van der Waals surface area contributed by atoms with E-state index < -0.39 is 5.91 Å². The highest BCUT2D eigenvalue weighted by molar-refractivity contribution is 5.75. The van der Waals surface area contributed by atoms with E-state index in [4.69, 9.17) is 15.2 Å². The summed E-state index contributed by atoms with van der Waals surface area (Å²) in [4.78, 5) is 10.6. The standard InChI is InChI=1S/C15H24N2O3/c1-2-3-9-19-10-8-17-11-13-4-6-14(7-5-13)20-12-15(16)18/h4-7,17H,2-3,8-12H2,1H3,(H2,16,18). The molecule has 20 heavy (non-hydrogen) atoms. The minimum absolute atomic E-state index is 0.0906. The number of carbonyl (C=O) groups is 1. The molecule has 0 aliphatic carbocycles. The van der Waals surface area contributed by atoms with Gasteiger partial charge in [0.2, 0.25) is 0 Å². The van der Waals surface area contributed by atoms with E-state index in [2.05, 4.69) is 12.2 Å². The highest BCUT2D eigenvalue weighted by Gasteiger charge is 1.98. The van der Waals surface area contributed by atoms with Gasteiger partial charge >= 0.3 is 0 Å². The van der Waals surface area contributed by atoms with E-state index in [1.54, 1.807) is 0 Å². The summed E-state index contributed by atoms with van der Waals surface area (Å²) in [5, 5.41) is 3.31. The Balaban J connectivity index is 2.13. The number of rotatable bonds is 11. The summed E-state index contributed by atoms with van der Waals surface area (Å²) in [5.41, 5.74) is 6.17. The van der Waals surface area contributed by atoms with Crippen LogP contribution in [-0.4, -0.2) is 32.3 Å². The van der Waals surface area contributed by atoms with E-state index in [1.807, 2.05) is 24.3 Å². The van der Waals surface area contributed by atoms with Crippen LogP contribution in [0, 0.1) is 0 Å². The fraction of sp³-hybridized carbons (Fsp3) is 0.533. The molecule has 3 N–H and O–H groups in total. The van der Waals surface area contributed by atoms with Gasteiger partial charge in [0.25, 0.3) is 5.91 Å². The lowest BCUT2D eigenvalue weighted by Gasteiger charge is -2.07. The third-order valence-corrected chi connectivity index (χ3v) is 2.70. The first-order chi connectivity index (χ1) is 9.72. The number of hydrogen-bond donors (Lipinski definition) is 2. The van der Waals surface area contributed by atoms with Crippen LogP contribution in [0.3, 0.4) is 0 Å². The number of primary amides is 1. The molecule has 0 saturated heterocycles. The molecular weight excluding hydrogens is 256 g/mol. The molecular formula is C15H24N2O3.